The van der Waals surface area contributed by atoms with Crippen LogP contribution in [0.25, 0.3) is 11.2 Å². The van der Waals surface area contributed by atoms with Crippen LogP contribution in [0.2, 0.25) is 0 Å². The smallest absolute Gasteiger partial charge is 0.333 e. The first-order valence-corrected chi connectivity index (χ1v) is 11.1. The molecule has 1 fully saturated rings. The van der Waals surface area contributed by atoms with E-state index in [4.69, 9.17) is 20.1 Å². The van der Waals surface area contributed by atoms with Gasteiger partial charge in [-0.3, -0.25) is 18.9 Å². The molecule has 0 saturated carbocycles. The molecule has 0 bridgehead atoms. The topological polar surface area (TPSA) is 258 Å². The molecule has 1 aliphatic heterocycles. The second-order valence-corrected chi connectivity index (χ2v) is 8.42. The Balaban J connectivity index is 1.72. The minimum absolute atomic E-state index is 0.0331. The van der Waals surface area contributed by atoms with Crippen LogP contribution in [0.5, 0.6) is 0 Å². The van der Waals surface area contributed by atoms with E-state index in [-0.39, 0.29) is 29.8 Å². The van der Waals surface area contributed by atoms with Crippen molar-refractivity contribution in [2.75, 3.05) is 11.9 Å². The number of hydrogen-bond acceptors (Lipinski definition) is 11. The van der Waals surface area contributed by atoms with Gasteiger partial charge in [-0.05, 0) is 6.42 Å². The Labute approximate surface area is 191 Å². The van der Waals surface area contributed by atoms with Crippen molar-refractivity contribution >= 4 is 45.3 Å². The Hall–Kier alpha value is -3.45. The summed E-state index contributed by atoms with van der Waals surface area (Å²) in [7, 11) is -4.19. The largest absolute Gasteiger partial charge is 0.481 e. The van der Waals surface area contributed by atoms with Gasteiger partial charge in [0.05, 0.1) is 19.0 Å². The summed E-state index contributed by atoms with van der Waals surface area (Å²) in [5.41, 5.74) is 0.220. The predicted molar refractivity (Wildman–Crippen MR) is 109 cm³/mol. The number of imidazole rings is 1. The van der Waals surface area contributed by atoms with Crippen LogP contribution in [0.3, 0.4) is 0 Å². The number of carboxylic acids is 2. The van der Waals surface area contributed by atoms with E-state index in [0.29, 0.717) is 0 Å². The lowest BCUT2D eigenvalue weighted by Crippen LogP contribution is -2.43. The number of nitrogens with zero attached hydrogens (tertiary/aromatic N) is 4. The molecular weight excluding hydrogens is 482 g/mol. The highest BCUT2D eigenvalue weighted by atomic mass is 32.2. The number of aromatic nitrogens is 4. The number of aliphatic hydroxyl groups is 1. The molecule has 4 atom stereocenters. The molecule has 2 amide bonds. The molecule has 2 aromatic rings. The van der Waals surface area contributed by atoms with Gasteiger partial charge in [-0.15, -0.1) is 0 Å². The number of fused-ring (bicyclic) bond motifs is 1. The summed E-state index contributed by atoms with van der Waals surface area (Å²) in [4.78, 5) is 46.2. The van der Waals surface area contributed by atoms with E-state index in [1.807, 2.05) is 0 Å². The summed E-state index contributed by atoms with van der Waals surface area (Å²) in [6, 6.07) is -2.42. The van der Waals surface area contributed by atoms with Crippen LogP contribution in [0.4, 0.5) is 10.6 Å². The first-order chi connectivity index (χ1) is 15.9. The van der Waals surface area contributed by atoms with Crippen molar-refractivity contribution in [3.05, 3.63) is 12.7 Å². The molecule has 0 aromatic carbocycles. The third-order valence-corrected chi connectivity index (χ3v) is 5.16. The maximum absolute atomic E-state index is 12.3. The monoisotopic (exact) mass is 503 g/mol. The molecule has 3 heterocycles. The molecule has 1 aliphatic rings. The lowest BCUT2D eigenvalue weighted by Gasteiger charge is -2.17. The third-order valence-electron chi connectivity index (χ3n) is 4.70. The van der Waals surface area contributed by atoms with Crippen LogP contribution in [0.15, 0.2) is 12.7 Å². The number of aliphatic hydroxyl groups excluding tert-OH is 1. The molecule has 0 unspecified atom stereocenters. The zero-order chi connectivity index (χ0) is 25.0. The average Bonchev–Trinajstić information content (AvgIpc) is 3.32. The molecule has 0 spiro atoms. The van der Waals surface area contributed by atoms with Crippen LogP contribution < -0.4 is 15.8 Å². The number of anilines is 1. The van der Waals surface area contributed by atoms with Crippen molar-refractivity contribution in [1.29, 1.82) is 0 Å². The van der Waals surface area contributed by atoms with E-state index >= 15 is 0 Å². The highest BCUT2D eigenvalue weighted by molar-refractivity contribution is 7.84. The predicted octanol–water partition coefficient (Wildman–Crippen LogP) is -1.87. The van der Waals surface area contributed by atoms with Crippen LogP contribution in [-0.2, 0) is 28.8 Å². The third kappa shape index (κ3) is 6.32. The molecule has 34 heavy (non-hydrogen) atoms. The number of carbonyl (C=O) groups excluding carboxylic acids is 1. The summed E-state index contributed by atoms with van der Waals surface area (Å²) in [5, 5.41) is 37.5. The molecule has 2 aromatic heterocycles. The number of nitrogens with one attached hydrogen (secondary N) is 2. The quantitative estimate of drug-likeness (QED) is 0.208. The maximum atomic E-state index is 12.3. The number of ether oxygens (including phenoxy) is 1. The standard InChI is InChI=1S/C16H21N7O10S/c17-34(30,31)32-4-7-3-9(24)14(33-7)23-6-20-11-12(18-5-19-13(11)23)22-16(29)21-8(15(27)28)1-2-10(25)26/h5-9,14,24H,1-4H2,(H,25,26)(H,27,28)(H2,17,30,31)(H2,18,19,21,22,29)/t7-,8-,9+,14+/m0/s1. The highest BCUT2D eigenvalue weighted by Gasteiger charge is 2.37. The number of amides is 2. The van der Waals surface area contributed by atoms with Gasteiger partial charge in [-0.2, -0.15) is 8.42 Å². The lowest BCUT2D eigenvalue weighted by atomic mass is 10.1. The zero-order valence-corrected chi connectivity index (χ0v) is 18.1. The van der Waals surface area contributed by atoms with E-state index in [2.05, 4.69) is 29.8 Å². The molecule has 18 heteroatoms. The lowest BCUT2D eigenvalue weighted by molar-refractivity contribution is -0.140. The Morgan fingerprint density at radius 1 is 1.29 bits per heavy atom. The Morgan fingerprint density at radius 2 is 2.03 bits per heavy atom. The number of aliphatic carboxylic acids is 2. The van der Waals surface area contributed by atoms with Crippen molar-refractivity contribution in [2.24, 2.45) is 5.14 Å². The van der Waals surface area contributed by atoms with E-state index in [9.17, 15) is 27.9 Å². The summed E-state index contributed by atoms with van der Waals surface area (Å²) in [5.74, 6) is -2.72. The minimum Gasteiger partial charge on any atom is -0.481 e. The summed E-state index contributed by atoms with van der Waals surface area (Å²) < 4.78 is 33.4. The van der Waals surface area contributed by atoms with Crippen molar-refractivity contribution in [3.8, 4) is 0 Å². The average molecular weight is 503 g/mol. The van der Waals surface area contributed by atoms with Gasteiger partial charge < -0.3 is 25.4 Å². The minimum atomic E-state index is -4.19. The van der Waals surface area contributed by atoms with Crippen molar-refractivity contribution in [1.82, 2.24) is 24.8 Å². The highest BCUT2D eigenvalue weighted by Crippen LogP contribution is 2.32. The number of rotatable bonds is 10. The molecule has 186 valence electrons. The molecular formula is C16H21N7O10S. The van der Waals surface area contributed by atoms with Gasteiger partial charge in [0.25, 0.3) is 0 Å². The first-order valence-electron chi connectivity index (χ1n) is 9.65. The SMILES string of the molecule is NS(=O)(=O)OC[C@@H]1C[C@@H](O)[C@H](n2cnc3c(NC(=O)N[C@@H](CCC(=O)O)C(=O)O)ncnc32)O1. The molecule has 17 nitrogen and oxygen atoms in total. The number of carbonyl (C=O) groups is 3. The van der Waals surface area contributed by atoms with Gasteiger partial charge in [-0.25, -0.2) is 29.7 Å². The van der Waals surface area contributed by atoms with E-state index < -0.39 is 65.8 Å². The van der Waals surface area contributed by atoms with Gasteiger partial charge in [0.15, 0.2) is 23.2 Å². The van der Waals surface area contributed by atoms with Gasteiger partial charge >= 0.3 is 28.3 Å². The molecule has 7 N–H and O–H groups in total. The Kier molecular flexibility index (Phi) is 7.57. The van der Waals surface area contributed by atoms with Crippen molar-refractivity contribution < 1.29 is 47.0 Å². The molecule has 0 aliphatic carbocycles. The van der Waals surface area contributed by atoms with E-state index in [1.54, 1.807) is 0 Å². The number of hydrogen-bond donors (Lipinski definition) is 6. The molecule has 0 radical (unpaired) electrons. The molecule has 3 rings (SSSR count). The van der Waals surface area contributed by atoms with Gasteiger partial charge in [0.1, 0.15) is 18.5 Å². The van der Waals surface area contributed by atoms with E-state index in [1.165, 1.54) is 10.9 Å². The number of nitrogens with two attached hydrogens (primary N) is 1. The van der Waals surface area contributed by atoms with Gasteiger partial charge in [0.2, 0.25) is 0 Å². The van der Waals surface area contributed by atoms with Crippen molar-refractivity contribution in [2.45, 2.75) is 43.7 Å². The fourth-order valence-corrected chi connectivity index (χ4v) is 3.56. The van der Waals surface area contributed by atoms with Crippen LogP contribution in [0.1, 0.15) is 25.5 Å². The summed E-state index contributed by atoms with van der Waals surface area (Å²) in [6.45, 7) is -0.409. The normalized spacial score (nSPS) is 21.3. The Bertz CT molecular complexity index is 1190. The molecule has 1 saturated heterocycles. The summed E-state index contributed by atoms with van der Waals surface area (Å²) in [6.07, 6.45) is -1.31. The van der Waals surface area contributed by atoms with Gasteiger partial charge in [-0.1, -0.05) is 0 Å². The van der Waals surface area contributed by atoms with Crippen LogP contribution in [-0.4, -0.2) is 86.1 Å². The summed E-state index contributed by atoms with van der Waals surface area (Å²) >= 11 is 0. The number of carboxylic acid groups (broad SMARTS) is 2. The number of urea groups is 1. The Morgan fingerprint density at radius 3 is 2.68 bits per heavy atom. The maximum Gasteiger partial charge on any atom is 0.333 e. The fourth-order valence-electron chi connectivity index (χ4n) is 3.21. The van der Waals surface area contributed by atoms with Crippen LogP contribution in [0, 0.1) is 0 Å². The van der Waals surface area contributed by atoms with Gasteiger partial charge in [0, 0.05) is 12.8 Å². The van der Waals surface area contributed by atoms with E-state index in [0.717, 1.165) is 6.33 Å². The van der Waals surface area contributed by atoms with Crippen LogP contribution >= 0.6 is 0 Å². The second kappa shape index (κ2) is 10.2. The second-order valence-electron chi connectivity index (χ2n) is 7.20. The fraction of sp³-hybridized carbons (Fsp3) is 0.500. The van der Waals surface area contributed by atoms with Crippen molar-refractivity contribution in [3.63, 3.8) is 0 Å². The zero-order valence-electron chi connectivity index (χ0n) is 17.3. The first kappa shape index (κ1) is 25.2.